The second kappa shape index (κ2) is 4.63. The lowest BCUT2D eigenvalue weighted by molar-refractivity contribution is 0.0324. The molecule has 2 N–H and O–H groups in total. The van der Waals surface area contributed by atoms with Crippen molar-refractivity contribution < 1.29 is 0 Å². The number of rotatable bonds is 2. The minimum atomic E-state index is 0.332. The normalized spacial score (nSPS) is 36.8. The van der Waals surface area contributed by atoms with E-state index in [1.165, 1.54) is 45.4 Å². The molecular formula is C13H27N3. The van der Waals surface area contributed by atoms with Crippen LogP contribution >= 0.6 is 0 Å². The van der Waals surface area contributed by atoms with Gasteiger partial charge >= 0.3 is 0 Å². The quantitative estimate of drug-likeness (QED) is 0.765. The summed E-state index contributed by atoms with van der Waals surface area (Å²) in [5, 5.41) is 0. The number of hydrogen-bond donors (Lipinski definition) is 1. The summed E-state index contributed by atoms with van der Waals surface area (Å²) in [4.78, 5) is 5.12. The number of nitrogens with two attached hydrogens (primary N) is 1. The highest BCUT2D eigenvalue weighted by Crippen LogP contribution is 2.27. The molecular weight excluding hydrogens is 198 g/mol. The van der Waals surface area contributed by atoms with Crippen LogP contribution in [0.1, 0.15) is 33.1 Å². The van der Waals surface area contributed by atoms with Gasteiger partial charge in [0.05, 0.1) is 0 Å². The van der Waals surface area contributed by atoms with Crippen LogP contribution in [0, 0.1) is 5.92 Å². The first kappa shape index (κ1) is 12.3. The minimum absolute atomic E-state index is 0.332. The predicted molar refractivity (Wildman–Crippen MR) is 68.5 cm³/mol. The Labute approximate surface area is 100.0 Å². The zero-order valence-electron chi connectivity index (χ0n) is 11.1. The average molecular weight is 225 g/mol. The fraction of sp³-hybridized carbons (Fsp3) is 1.00. The van der Waals surface area contributed by atoms with Gasteiger partial charge in [0.1, 0.15) is 0 Å². The van der Waals surface area contributed by atoms with Crippen LogP contribution in [0.5, 0.6) is 0 Å². The molecule has 3 heteroatoms. The van der Waals surface area contributed by atoms with E-state index in [0.717, 1.165) is 5.92 Å². The summed E-state index contributed by atoms with van der Waals surface area (Å²) in [5.41, 5.74) is 6.31. The number of nitrogens with zero attached hydrogens (tertiary/aromatic N) is 2. The predicted octanol–water partition coefficient (Wildman–Crippen LogP) is 1.14. The lowest BCUT2D eigenvalue weighted by atomic mass is 9.98. The van der Waals surface area contributed by atoms with Crippen LogP contribution in [-0.2, 0) is 0 Å². The molecule has 2 rings (SSSR count). The Bertz CT molecular complexity index is 239. The Morgan fingerprint density at radius 3 is 2.56 bits per heavy atom. The van der Waals surface area contributed by atoms with Gasteiger partial charge in [-0.3, -0.25) is 9.80 Å². The Morgan fingerprint density at radius 1 is 1.25 bits per heavy atom. The third-order valence-electron chi connectivity index (χ3n) is 4.49. The molecule has 0 amide bonds. The summed E-state index contributed by atoms with van der Waals surface area (Å²) in [6.45, 7) is 9.59. The topological polar surface area (TPSA) is 32.5 Å². The van der Waals surface area contributed by atoms with Crippen molar-refractivity contribution in [2.45, 2.75) is 44.7 Å². The third-order valence-corrected chi connectivity index (χ3v) is 4.49. The fourth-order valence-corrected chi connectivity index (χ4v) is 3.14. The standard InChI is InChI=1S/C13H27N3/c1-13(2)10-16(7-6-15(13)3)9-11-4-5-12(14)8-11/h11-12H,4-10,14H2,1-3H3. The van der Waals surface area contributed by atoms with Gasteiger partial charge in [0.2, 0.25) is 0 Å². The van der Waals surface area contributed by atoms with Gasteiger partial charge in [0.15, 0.2) is 0 Å². The van der Waals surface area contributed by atoms with Gasteiger partial charge in [0, 0.05) is 37.8 Å². The number of piperazine rings is 1. The molecule has 2 fully saturated rings. The molecule has 3 nitrogen and oxygen atoms in total. The lowest BCUT2D eigenvalue weighted by Crippen LogP contribution is -2.58. The van der Waals surface area contributed by atoms with Crippen LogP contribution in [0.25, 0.3) is 0 Å². The second-order valence-corrected chi connectivity index (χ2v) is 6.41. The molecule has 2 atom stereocenters. The molecule has 1 heterocycles. The van der Waals surface area contributed by atoms with E-state index in [-0.39, 0.29) is 0 Å². The van der Waals surface area contributed by atoms with Crippen LogP contribution in [-0.4, -0.2) is 54.6 Å². The van der Waals surface area contributed by atoms with E-state index in [1.807, 2.05) is 0 Å². The van der Waals surface area contributed by atoms with Gasteiger partial charge < -0.3 is 5.73 Å². The fourth-order valence-electron chi connectivity index (χ4n) is 3.14. The smallest absolute Gasteiger partial charge is 0.0277 e. The first-order valence-corrected chi connectivity index (χ1v) is 6.66. The number of likely N-dealkylation sites (N-methyl/N-ethyl adjacent to an activating group) is 1. The molecule has 2 aliphatic rings. The maximum Gasteiger partial charge on any atom is 0.0277 e. The van der Waals surface area contributed by atoms with Gasteiger partial charge in [-0.2, -0.15) is 0 Å². The van der Waals surface area contributed by atoms with Gasteiger partial charge in [-0.15, -0.1) is 0 Å². The van der Waals surface area contributed by atoms with E-state index < -0.39 is 0 Å². The minimum Gasteiger partial charge on any atom is -0.328 e. The van der Waals surface area contributed by atoms with Crippen molar-refractivity contribution in [2.75, 3.05) is 33.2 Å². The van der Waals surface area contributed by atoms with Crippen molar-refractivity contribution in [3.8, 4) is 0 Å². The molecule has 1 aliphatic heterocycles. The first-order valence-electron chi connectivity index (χ1n) is 6.66. The van der Waals surface area contributed by atoms with Crippen molar-refractivity contribution in [1.29, 1.82) is 0 Å². The summed E-state index contributed by atoms with van der Waals surface area (Å²) in [6, 6.07) is 0.477. The Morgan fingerprint density at radius 2 is 2.00 bits per heavy atom. The van der Waals surface area contributed by atoms with Crippen LogP contribution in [0.3, 0.4) is 0 Å². The molecule has 0 radical (unpaired) electrons. The molecule has 0 bridgehead atoms. The van der Waals surface area contributed by atoms with Gasteiger partial charge in [-0.1, -0.05) is 0 Å². The Kier molecular flexibility index (Phi) is 3.57. The van der Waals surface area contributed by atoms with Crippen LogP contribution in [0.4, 0.5) is 0 Å². The molecule has 1 saturated carbocycles. The summed E-state index contributed by atoms with van der Waals surface area (Å²) >= 11 is 0. The van der Waals surface area contributed by atoms with Gasteiger partial charge in [0.25, 0.3) is 0 Å². The van der Waals surface area contributed by atoms with E-state index in [9.17, 15) is 0 Å². The third kappa shape index (κ3) is 2.76. The van der Waals surface area contributed by atoms with Crippen molar-refractivity contribution in [2.24, 2.45) is 11.7 Å². The van der Waals surface area contributed by atoms with Gasteiger partial charge in [-0.05, 0) is 46.1 Å². The lowest BCUT2D eigenvalue weighted by Gasteiger charge is -2.46. The highest BCUT2D eigenvalue weighted by Gasteiger charge is 2.32. The molecule has 0 aromatic carbocycles. The molecule has 0 aromatic heterocycles. The second-order valence-electron chi connectivity index (χ2n) is 6.41. The monoisotopic (exact) mass is 225 g/mol. The Hall–Kier alpha value is -0.120. The molecule has 94 valence electrons. The SMILES string of the molecule is CN1CCN(CC2CCC(N)C2)CC1(C)C. The zero-order valence-corrected chi connectivity index (χ0v) is 11.1. The van der Waals surface area contributed by atoms with Crippen molar-refractivity contribution >= 4 is 0 Å². The molecule has 2 unspecified atom stereocenters. The van der Waals surface area contributed by atoms with E-state index in [2.05, 4.69) is 30.7 Å². The average Bonchev–Trinajstić information content (AvgIpc) is 2.57. The zero-order chi connectivity index (χ0) is 11.8. The summed E-state index contributed by atoms with van der Waals surface area (Å²) in [6.07, 6.45) is 3.82. The van der Waals surface area contributed by atoms with Gasteiger partial charge in [-0.25, -0.2) is 0 Å². The maximum atomic E-state index is 5.98. The summed E-state index contributed by atoms with van der Waals surface area (Å²) in [7, 11) is 2.24. The van der Waals surface area contributed by atoms with E-state index in [0.29, 0.717) is 11.6 Å². The number of hydrogen-bond acceptors (Lipinski definition) is 3. The molecule has 1 saturated heterocycles. The summed E-state index contributed by atoms with van der Waals surface area (Å²) < 4.78 is 0. The van der Waals surface area contributed by atoms with Crippen molar-refractivity contribution in [3.63, 3.8) is 0 Å². The molecule has 0 spiro atoms. The summed E-state index contributed by atoms with van der Waals surface area (Å²) in [5.74, 6) is 0.856. The highest BCUT2D eigenvalue weighted by molar-refractivity contribution is 4.90. The van der Waals surface area contributed by atoms with Crippen molar-refractivity contribution in [1.82, 2.24) is 9.80 Å². The maximum absolute atomic E-state index is 5.98. The Balaban J connectivity index is 1.83. The highest BCUT2D eigenvalue weighted by atomic mass is 15.3. The molecule has 0 aromatic rings. The van der Waals surface area contributed by atoms with E-state index >= 15 is 0 Å². The van der Waals surface area contributed by atoms with E-state index in [1.54, 1.807) is 0 Å². The van der Waals surface area contributed by atoms with Crippen LogP contribution < -0.4 is 5.73 Å². The van der Waals surface area contributed by atoms with E-state index in [4.69, 9.17) is 5.73 Å². The molecule has 1 aliphatic carbocycles. The van der Waals surface area contributed by atoms with Crippen LogP contribution in [0.2, 0.25) is 0 Å². The largest absolute Gasteiger partial charge is 0.328 e. The molecule has 16 heavy (non-hydrogen) atoms. The first-order chi connectivity index (χ1) is 7.47. The van der Waals surface area contributed by atoms with Crippen molar-refractivity contribution in [3.05, 3.63) is 0 Å². The van der Waals surface area contributed by atoms with Crippen LogP contribution in [0.15, 0.2) is 0 Å².